The molecule has 0 aliphatic rings. The van der Waals surface area contributed by atoms with Crippen molar-refractivity contribution in [3.8, 4) is 0 Å². The summed E-state index contributed by atoms with van der Waals surface area (Å²) in [4.78, 5) is 72.5. The van der Waals surface area contributed by atoms with E-state index in [2.05, 4.69) is 55.4 Å². The fourth-order valence-electron chi connectivity index (χ4n) is 10.2. The number of carbonyl (C=O) groups excluding carboxylic acids is 4. The summed E-state index contributed by atoms with van der Waals surface area (Å²) in [6.45, 7) is 14.1. The zero-order valence-electron chi connectivity index (χ0n) is 57.3. The SMILES string of the molecule is CCC(C)CCCCCCCCCCC(=O)OC[C@H](COP(=O)(O)OC[C@@H](O)COP(=O)(O)OC[C@@H](COC(=O)CCCCCCCCC(C)CC)OC(=O)CCCCCCCCCCCCCCCC(C)C)OC(=O)CCCCCCCCCC(C)C. The van der Waals surface area contributed by atoms with E-state index in [1.165, 1.54) is 135 Å². The molecular weight excluding hydrogens is 1160 g/mol. The van der Waals surface area contributed by atoms with Crippen LogP contribution in [0.5, 0.6) is 0 Å². The number of aliphatic hydroxyl groups is 1. The summed E-state index contributed by atoms with van der Waals surface area (Å²) in [5.74, 6) is 0.857. The molecule has 0 amide bonds. The third kappa shape index (κ3) is 60.3. The van der Waals surface area contributed by atoms with Crippen molar-refractivity contribution in [1.82, 2.24) is 0 Å². The number of rotatable bonds is 66. The van der Waals surface area contributed by atoms with Gasteiger partial charge in [0, 0.05) is 25.7 Å². The van der Waals surface area contributed by atoms with Crippen LogP contribution in [0.1, 0.15) is 338 Å². The Morgan fingerprint density at radius 1 is 0.318 bits per heavy atom. The Kier molecular flexibility index (Phi) is 57.6. The van der Waals surface area contributed by atoms with Gasteiger partial charge in [-0.3, -0.25) is 37.3 Å². The second-order valence-corrected chi connectivity index (χ2v) is 29.3. The Morgan fingerprint density at radius 2 is 0.545 bits per heavy atom. The van der Waals surface area contributed by atoms with Crippen LogP contribution < -0.4 is 0 Å². The summed E-state index contributed by atoms with van der Waals surface area (Å²) >= 11 is 0. The normalized spacial score (nSPS) is 14.9. The van der Waals surface area contributed by atoms with Gasteiger partial charge in [-0.1, -0.05) is 287 Å². The lowest BCUT2D eigenvalue weighted by molar-refractivity contribution is -0.161. The standard InChI is InChI=1S/C69H134O17P2/c1-9-61(7)47-39-31-23-18-19-24-33-41-49-66(71)79-55-64(86-69(74)52-44-36-26-20-22-30-38-46-60(5)6)57-83-87(75,76)81-53-63(70)54-82-88(77,78)84-58-65(56-80-67(72)50-42-34-28-27-32-40-48-62(8)10-2)85-68(73)51-43-35-25-17-15-13-11-12-14-16-21-29-37-45-59(3)4/h59-65,70H,9-58H2,1-8H3,(H,75,76)(H,77,78)/t61?,62?,63-,64-,65-/m1/s1. The van der Waals surface area contributed by atoms with E-state index in [0.717, 1.165) is 114 Å². The molecule has 7 atom stereocenters. The quantitative estimate of drug-likeness (QED) is 0.0222. The third-order valence-electron chi connectivity index (χ3n) is 16.5. The van der Waals surface area contributed by atoms with Gasteiger partial charge < -0.3 is 33.8 Å². The largest absolute Gasteiger partial charge is 0.472 e. The predicted octanol–water partition coefficient (Wildman–Crippen LogP) is 19.3. The number of carbonyl (C=O) groups is 4. The van der Waals surface area contributed by atoms with E-state index in [4.69, 9.17) is 37.0 Å². The van der Waals surface area contributed by atoms with Crippen molar-refractivity contribution in [2.75, 3.05) is 39.6 Å². The molecule has 0 aromatic rings. The second kappa shape index (κ2) is 58.8. The molecule has 0 radical (unpaired) electrons. The number of esters is 4. The molecule has 0 fully saturated rings. The molecular formula is C69H134O17P2. The van der Waals surface area contributed by atoms with E-state index in [1.807, 2.05) is 0 Å². The van der Waals surface area contributed by atoms with Crippen molar-refractivity contribution in [2.45, 2.75) is 356 Å². The fraction of sp³-hybridized carbons (Fsp3) is 0.942. The molecule has 0 heterocycles. The average Bonchev–Trinajstić information content (AvgIpc) is 3.60. The average molecular weight is 1300 g/mol. The van der Waals surface area contributed by atoms with Gasteiger partial charge in [0.2, 0.25) is 0 Å². The maximum atomic E-state index is 13.0. The Bertz CT molecular complexity index is 1750. The first-order chi connectivity index (χ1) is 42.2. The highest BCUT2D eigenvalue weighted by molar-refractivity contribution is 7.47. The molecule has 0 aliphatic heterocycles. The first-order valence-electron chi connectivity index (χ1n) is 35.8. The number of phosphoric acid groups is 2. The van der Waals surface area contributed by atoms with Crippen LogP contribution in [0.25, 0.3) is 0 Å². The molecule has 4 unspecified atom stereocenters. The monoisotopic (exact) mass is 1300 g/mol. The van der Waals surface area contributed by atoms with E-state index in [-0.39, 0.29) is 25.7 Å². The minimum absolute atomic E-state index is 0.102. The number of aliphatic hydroxyl groups excluding tert-OH is 1. The molecule has 3 N–H and O–H groups in total. The summed E-state index contributed by atoms with van der Waals surface area (Å²) in [6, 6.07) is 0. The summed E-state index contributed by atoms with van der Waals surface area (Å²) in [5.41, 5.74) is 0. The highest BCUT2D eigenvalue weighted by Crippen LogP contribution is 2.45. The number of hydrogen-bond donors (Lipinski definition) is 3. The van der Waals surface area contributed by atoms with Gasteiger partial charge in [0.1, 0.15) is 19.3 Å². The Morgan fingerprint density at radius 3 is 0.807 bits per heavy atom. The third-order valence-corrected chi connectivity index (χ3v) is 18.4. The van der Waals surface area contributed by atoms with E-state index >= 15 is 0 Å². The zero-order valence-corrected chi connectivity index (χ0v) is 59.1. The van der Waals surface area contributed by atoms with Crippen LogP contribution in [0.15, 0.2) is 0 Å². The van der Waals surface area contributed by atoms with Crippen molar-refractivity contribution in [3.63, 3.8) is 0 Å². The van der Waals surface area contributed by atoms with Crippen molar-refractivity contribution in [2.24, 2.45) is 23.7 Å². The lowest BCUT2D eigenvalue weighted by Gasteiger charge is -2.21. The molecule has 0 aromatic heterocycles. The summed E-state index contributed by atoms with van der Waals surface area (Å²) in [6.07, 6.45) is 40.4. The van der Waals surface area contributed by atoms with Crippen LogP contribution in [-0.4, -0.2) is 96.7 Å². The lowest BCUT2D eigenvalue weighted by atomic mass is 9.99. The van der Waals surface area contributed by atoms with Gasteiger partial charge >= 0.3 is 39.5 Å². The number of unbranched alkanes of at least 4 members (excludes halogenated alkanes) is 30. The Labute approximate surface area is 537 Å². The summed E-state index contributed by atoms with van der Waals surface area (Å²) < 4.78 is 68.2. The van der Waals surface area contributed by atoms with E-state index in [0.29, 0.717) is 31.6 Å². The van der Waals surface area contributed by atoms with Crippen molar-refractivity contribution in [1.29, 1.82) is 0 Å². The van der Waals surface area contributed by atoms with E-state index in [9.17, 15) is 43.2 Å². The van der Waals surface area contributed by atoms with Gasteiger partial charge in [-0.25, -0.2) is 9.13 Å². The second-order valence-electron chi connectivity index (χ2n) is 26.4. The van der Waals surface area contributed by atoms with Gasteiger partial charge in [-0.2, -0.15) is 0 Å². The highest BCUT2D eigenvalue weighted by atomic mass is 31.2. The smallest absolute Gasteiger partial charge is 0.462 e. The van der Waals surface area contributed by atoms with E-state index in [1.54, 1.807) is 0 Å². The molecule has 0 saturated carbocycles. The maximum Gasteiger partial charge on any atom is 0.472 e. The van der Waals surface area contributed by atoms with Gasteiger partial charge in [0.25, 0.3) is 0 Å². The number of ether oxygens (including phenoxy) is 4. The van der Waals surface area contributed by atoms with Gasteiger partial charge in [0.15, 0.2) is 12.2 Å². The molecule has 17 nitrogen and oxygen atoms in total. The summed E-state index contributed by atoms with van der Waals surface area (Å²) in [7, 11) is -9.90. The number of hydrogen-bond acceptors (Lipinski definition) is 15. The molecule has 0 bridgehead atoms. The van der Waals surface area contributed by atoms with Crippen molar-refractivity contribution < 1.29 is 80.2 Å². The minimum atomic E-state index is -4.95. The molecule has 19 heteroatoms. The summed E-state index contributed by atoms with van der Waals surface area (Å²) in [5, 5.41) is 10.6. The molecule has 0 aromatic carbocycles. The van der Waals surface area contributed by atoms with Crippen molar-refractivity contribution in [3.05, 3.63) is 0 Å². The van der Waals surface area contributed by atoms with Gasteiger partial charge in [-0.05, 0) is 49.4 Å². The molecule has 0 spiro atoms. The molecule has 0 saturated heterocycles. The van der Waals surface area contributed by atoms with Crippen LogP contribution in [0.3, 0.4) is 0 Å². The minimum Gasteiger partial charge on any atom is -0.462 e. The molecule has 522 valence electrons. The van der Waals surface area contributed by atoms with Gasteiger partial charge in [-0.15, -0.1) is 0 Å². The highest BCUT2D eigenvalue weighted by Gasteiger charge is 2.30. The van der Waals surface area contributed by atoms with Crippen LogP contribution in [0, 0.1) is 23.7 Å². The van der Waals surface area contributed by atoms with Crippen LogP contribution in [0.2, 0.25) is 0 Å². The molecule has 0 aliphatic carbocycles. The zero-order chi connectivity index (χ0) is 65.4. The topological polar surface area (TPSA) is 237 Å². The van der Waals surface area contributed by atoms with Crippen LogP contribution >= 0.6 is 15.6 Å². The molecule has 0 rings (SSSR count). The fourth-order valence-corrected chi connectivity index (χ4v) is 11.8. The first kappa shape index (κ1) is 86.1. The molecule has 88 heavy (non-hydrogen) atoms. The lowest BCUT2D eigenvalue weighted by Crippen LogP contribution is -2.30. The predicted molar refractivity (Wildman–Crippen MR) is 354 cm³/mol. The first-order valence-corrected chi connectivity index (χ1v) is 38.8. The number of phosphoric ester groups is 2. The van der Waals surface area contributed by atoms with Crippen molar-refractivity contribution >= 4 is 39.5 Å². The van der Waals surface area contributed by atoms with E-state index < -0.39 is 97.5 Å². The Balaban J connectivity index is 5.24. The van der Waals surface area contributed by atoms with Crippen LogP contribution in [-0.2, 0) is 65.4 Å². The van der Waals surface area contributed by atoms with Crippen LogP contribution in [0.4, 0.5) is 0 Å². The maximum absolute atomic E-state index is 13.0. The Hall–Kier alpha value is -1.94. The van der Waals surface area contributed by atoms with Gasteiger partial charge in [0.05, 0.1) is 26.4 Å².